The van der Waals surface area contributed by atoms with Crippen molar-refractivity contribution in [2.45, 2.75) is 96.4 Å². The van der Waals surface area contributed by atoms with E-state index in [1.54, 1.807) is 0 Å². The lowest BCUT2D eigenvalue weighted by molar-refractivity contribution is -0.145. The molecule has 198 valence electrons. The average molecular weight is 508 g/mol. The van der Waals surface area contributed by atoms with E-state index in [0.29, 0.717) is 55.6 Å². The minimum Gasteiger partial charge on any atom is -0.339 e. The number of hydrogen-bond acceptors (Lipinski definition) is 4. The monoisotopic (exact) mass is 507 g/mol. The van der Waals surface area contributed by atoms with Gasteiger partial charge >= 0.3 is 0 Å². The number of nitrogens with zero attached hydrogens (tertiary/aromatic N) is 2. The zero-order valence-corrected chi connectivity index (χ0v) is 22.4. The van der Waals surface area contributed by atoms with Gasteiger partial charge in [0.15, 0.2) is 0 Å². The largest absolute Gasteiger partial charge is 0.339 e. The number of carbonyl (C=O) groups is 2. The van der Waals surface area contributed by atoms with Gasteiger partial charge in [0.05, 0.1) is 5.75 Å². The quantitative estimate of drug-likeness (QED) is 0.571. The Morgan fingerprint density at radius 1 is 0.829 bits per heavy atom. The Morgan fingerprint density at radius 3 is 2.06 bits per heavy atom. The molecule has 8 heteroatoms. The van der Waals surface area contributed by atoms with Crippen LogP contribution >= 0.6 is 0 Å². The Balaban J connectivity index is 1.05. The lowest BCUT2D eigenvalue weighted by Gasteiger charge is -2.41. The smallest absolute Gasteiger partial charge is 0.228 e. The number of carbonyl (C=O) groups excluding carboxylic acids is 2. The molecule has 0 aromatic heterocycles. The SMILES string of the molecule is CC1(C(=O)N2CCN(C(=O)C3CCC(C4CCCC(NS(=O)(=O)CC5CCC5)C4)CC3)CC2)CC1. The second-order valence-corrected chi connectivity index (χ2v) is 14.4. The predicted molar refractivity (Wildman–Crippen MR) is 136 cm³/mol. The van der Waals surface area contributed by atoms with Gasteiger partial charge < -0.3 is 9.80 Å². The van der Waals surface area contributed by atoms with Crippen LogP contribution in [0.1, 0.15) is 90.4 Å². The molecule has 1 N–H and O–H groups in total. The van der Waals surface area contributed by atoms with Crippen molar-refractivity contribution in [1.29, 1.82) is 0 Å². The Hall–Kier alpha value is -1.15. The Bertz CT molecular complexity index is 882. The molecule has 0 radical (unpaired) electrons. The van der Waals surface area contributed by atoms with E-state index in [1.807, 2.05) is 9.80 Å². The average Bonchev–Trinajstić information content (AvgIpc) is 3.59. The predicted octanol–water partition coefficient (Wildman–Crippen LogP) is 3.54. The third kappa shape index (κ3) is 6.06. The lowest BCUT2D eigenvalue weighted by atomic mass is 9.70. The maximum atomic E-state index is 13.2. The van der Waals surface area contributed by atoms with Crippen LogP contribution in [0, 0.1) is 29.1 Å². The van der Waals surface area contributed by atoms with Gasteiger partial charge in [-0.1, -0.05) is 26.2 Å². The normalized spacial score (nSPS) is 33.7. The van der Waals surface area contributed by atoms with Gasteiger partial charge in [-0.2, -0.15) is 0 Å². The van der Waals surface area contributed by atoms with Crippen LogP contribution in [-0.2, 0) is 19.6 Å². The first-order valence-electron chi connectivity index (χ1n) is 14.3. The van der Waals surface area contributed by atoms with Gasteiger partial charge in [0, 0.05) is 43.6 Å². The highest BCUT2D eigenvalue weighted by Crippen LogP contribution is 2.46. The summed E-state index contributed by atoms with van der Waals surface area (Å²) in [6.07, 6.45) is 13.6. The van der Waals surface area contributed by atoms with E-state index in [9.17, 15) is 18.0 Å². The summed E-state index contributed by atoms with van der Waals surface area (Å²) in [7, 11) is -3.17. The maximum absolute atomic E-state index is 13.2. The van der Waals surface area contributed by atoms with Crippen molar-refractivity contribution >= 4 is 21.8 Å². The lowest BCUT2D eigenvalue weighted by Crippen LogP contribution is -2.53. The molecule has 1 heterocycles. The summed E-state index contributed by atoms with van der Waals surface area (Å²) in [5, 5.41) is 0. The van der Waals surface area contributed by atoms with Crippen LogP contribution in [0.4, 0.5) is 0 Å². The molecule has 4 aliphatic carbocycles. The summed E-state index contributed by atoms with van der Waals surface area (Å²) >= 11 is 0. The third-order valence-electron chi connectivity index (χ3n) is 9.92. The van der Waals surface area contributed by atoms with E-state index in [-0.39, 0.29) is 23.3 Å². The molecule has 0 spiro atoms. The first kappa shape index (κ1) is 25.5. The first-order chi connectivity index (χ1) is 16.7. The standard InChI is InChI=1S/C27H45N3O4S/c1-27(12-13-27)26(32)30-16-14-29(15-17-30)25(31)22-10-8-21(9-11-22)23-6-3-7-24(18-23)28-35(33,34)19-20-4-2-5-20/h20-24,28H,2-19H2,1H3. The summed E-state index contributed by atoms with van der Waals surface area (Å²) in [6.45, 7) is 4.76. The van der Waals surface area contributed by atoms with Crippen LogP contribution < -0.4 is 4.72 Å². The molecule has 5 fully saturated rings. The number of amides is 2. The molecular formula is C27H45N3O4S. The van der Waals surface area contributed by atoms with Gasteiger partial charge in [0.1, 0.15) is 0 Å². The summed E-state index contributed by atoms with van der Waals surface area (Å²) in [6, 6.07) is 0.0927. The summed E-state index contributed by atoms with van der Waals surface area (Å²) in [5.74, 6) is 2.56. The summed E-state index contributed by atoms with van der Waals surface area (Å²) in [4.78, 5) is 29.8. The van der Waals surface area contributed by atoms with Crippen molar-refractivity contribution in [3.05, 3.63) is 0 Å². The number of piperazine rings is 1. The fourth-order valence-corrected chi connectivity index (χ4v) is 8.82. The fourth-order valence-electron chi connectivity index (χ4n) is 7.04. The summed E-state index contributed by atoms with van der Waals surface area (Å²) in [5.41, 5.74) is -0.126. The van der Waals surface area contributed by atoms with E-state index in [0.717, 1.165) is 70.6 Å². The molecule has 2 atom stereocenters. The van der Waals surface area contributed by atoms with E-state index in [1.165, 1.54) is 12.8 Å². The zero-order valence-electron chi connectivity index (χ0n) is 21.6. The minimum atomic E-state index is -3.17. The molecule has 7 nitrogen and oxygen atoms in total. The van der Waals surface area contributed by atoms with Gasteiger partial charge in [-0.25, -0.2) is 13.1 Å². The van der Waals surface area contributed by atoms with Crippen LogP contribution in [0.2, 0.25) is 0 Å². The van der Waals surface area contributed by atoms with E-state index in [2.05, 4.69) is 11.6 Å². The van der Waals surface area contributed by atoms with Crippen LogP contribution in [0.3, 0.4) is 0 Å². The number of sulfonamides is 1. The highest BCUT2D eigenvalue weighted by Gasteiger charge is 2.47. The van der Waals surface area contributed by atoms with Crippen LogP contribution in [0.15, 0.2) is 0 Å². The molecule has 1 saturated heterocycles. The van der Waals surface area contributed by atoms with Crippen molar-refractivity contribution in [2.75, 3.05) is 31.9 Å². The molecule has 1 aliphatic heterocycles. The molecule has 0 bridgehead atoms. The molecule has 0 aromatic carbocycles. The molecule has 0 aromatic rings. The summed E-state index contributed by atoms with van der Waals surface area (Å²) < 4.78 is 28.2. The van der Waals surface area contributed by atoms with E-state index >= 15 is 0 Å². The Labute approximate surface area is 211 Å². The van der Waals surface area contributed by atoms with E-state index in [4.69, 9.17) is 0 Å². The van der Waals surface area contributed by atoms with Gasteiger partial charge in [0.25, 0.3) is 0 Å². The molecule has 2 unspecified atom stereocenters. The van der Waals surface area contributed by atoms with Crippen LogP contribution in [0.25, 0.3) is 0 Å². The molecule has 5 rings (SSSR count). The second kappa shape index (κ2) is 10.3. The van der Waals surface area contributed by atoms with Gasteiger partial charge in [-0.15, -0.1) is 0 Å². The molecule has 35 heavy (non-hydrogen) atoms. The number of nitrogens with one attached hydrogen (secondary N) is 1. The first-order valence-corrected chi connectivity index (χ1v) is 16.0. The van der Waals surface area contributed by atoms with Crippen molar-refractivity contribution in [3.8, 4) is 0 Å². The molecule has 5 aliphatic rings. The van der Waals surface area contributed by atoms with Crippen LogP contribution in [-0.4, -0.2) is 68.0 Å². The highest BCUT2D eigenvalue weighted by atomic mass is 32.2. The Morgan fingerprint density at radius 2 is 1.46 bits per heavy atom. The zero-order chi connectivity index (χ0) is 24.6. The minimum absolute atomic E-state index is 0.0927. The third-order valence-corrected chi connectivity index (χ3v) is 11.5. The van der Waals surface area contributed by atoms with Gasteiger partial charge in [-0.05, 0) is 82.0 Å². The Kier molecular flexibility index (Phi) is 7.51. The fraction of sp³-hybridized carbons (Fsp3) is 0.926. The number of rotatable bonds is 7. The van der Waals surface area contributed by atoms with Crippen molar-refractivity contribution in [2.24, 2.45) is 29.1 Å². The molecule has 4 saturated carbocycles. The van der Waals surface area contributed by atoms with Crippen LogP contribution in [0.5, 0.6) is 0 Å². The van der Waals surface area contributed by atoms with E-state index < -0.39 is 10.0 Å². The second-order valence-electron chi connectivity index (χ2n) is 12.6. The van der Waals surface area contributed by atoms with Crippen molar-refractivity contribution in [3.63, 3.8) is 0 Å². The highest BCUT2D eigenvalue weighted by molar-refractivity contribution is 7.89. The van der Waals surface area contributed by atoms with Crippen molar-refractivity contribution in [1.82, 2.24) is 14.5 Å². The maximum Gasteiger partial charge on any atom is 0.228 e. The number of hydrogen-bond donors (Lipinski definition) is 1. The van der Waals surface area contributed by atoms with Crippen molar-refractivity contribution < 1.29 is 18.0 Å². The molecule has 2 amide bonds. The topological polar surface area (TPSA) is 86.8 Å². The molecular weight excluding hydrogens is 462 g/mol. The van der Waals surface area contributed by atoms with Gasteiger partial charge in [-0.3, -0.25) is 9.59 Å². The van der Waals surface area contributed by atoms with Gasteiger partial charge in [0.2, 0.25) is 21.8 Å².